The van der Waals surface area contributed by atoms with Crippen LogP contribution in [0, 0.1) is 11.3 Å². The fourth-order valence-corrected chi connectivity index (χ4v) is 2.22. The lowest BCUT2D eigenvalue weighted by Gasteiger charge is -2.24. The third-order valence-corrected chi connectivity index (χ3v) is 3.24. The monoisotopic (exact) mass is 319 g/mol. The average Bonchev–Trinajstić information content (AvgIpc) is 2.94. The SMILES string of the molecule is COc1nc(N[C@H]2CCN(C(=O)OC(C)(C)C)C2)ncc1C#N. The van der Waals surface area contributed by atoms with Gasteiger partial charge in [0.05, 0.1) is 13.3 Å². The van der Waals surface area contributed by atoms with E-state index in [2.05, 4.69) is 15.3 Å². The molecule has 1 amide bonds. The van der Waals surface area contributed by atoms with Gasteiger partial charge in [0.1, 0.15) is 17.2 Å². The van der Waals surface area contributed by atoms with Gasteiger partial charge in [-0.05, 0) is 27.2 Å². The Bertz CT molecular complexity index is 621. The lowest BCUT2D eigenvalue weighted by molar-refractivity contribution is 0.0293. The molecule has 1 aliphatic rings. The van der Waals surface area contributed by atoms with Gasteiger partial charge in [-0.2, -0.15) is 10.2 Å². The zero-order valence-corrected chi connectivity index (χ0v) is 13.8. The minimum Gasteiger partial charge on any atom is -0.480 e. The van der Waals surface area contributed by atoms with E-state index in [0.29, 0.717) is 19.0 Å². The van der Waals surface area contributed by atoms with Crippen LogP contribution in [0.4, 0.5) is 10.7 Å². The summed E-state index contributed by atoms with van der Waals surface area (Å²) in [6.45, 7) is 6.65. The molecule has 0 bridgehead atoms. The Morgan fingerprint density at radius 3 is 2.87 bits per heavy atom. The second kappa shape index (κ2) is 6.69. The third-order valence-electron chi connectivity index (χ3n) is 3.24. The molecule has 1 fully saturated rings. The first-order valence-corrected chi connectivity index (χ1v) is 7.38. The van der Waals surface area contributed by atoms with E-state index in [1.165, 1.54) is 13.3 Å². The smallest absolute Gasteiger partial charge is 0.410 e. The van der Waals surface area contributed by atoms with Crippen molar-refractivity contribution < 1.29 is 14.3 Å². The number of aromatic nitrogens is 2. The summed E-state index contributed by atoms with van der Waals surface area (Å²) >= 11 is 0. The first-order valence-electron chi connectivity index (χ1n) is 7.38. The van der Waals surface area contributed by atoms with Crippen LogP contribution in [-0.2, 0) is 4.74 Å². The van der Waals surface area contributed by atoms with Crippen molar-refractivity contribution in [1.82, 2.24) is 14.9 Å². The third kappa shape index (κ3) is 4.45. The highest BCUT2D eigenvalue weighted by molar-refractivity contribution is 5.68. The quantitative estimate of drug-likeness (QED) is 0.906. The first-order chi connectivity index (χ1) is 10.8. The van der Waals surface area contributed by atoms with E-state index >= 15 is 0 Å². The number of rotatable bonds is 3. The largest absolute Gasteiger partial charge is 0.480 e. The molecule has 2 heterocycles. The number of ether oxygens (including phenoxy) is 2. The van der Waals surface area contributed by atoms with Crippen molar-refractivity contribution in [3.63, 3.8) is 0 Å². The maximum Gasteiger partial charge on any atom is 0.410 e. The van der Waals surface area contributed by atoms with Gasteiger partial charge >= 0.3 is 6.09 Å². The van der Waals surface area contributed by atoms with Gasteiger partial charge in [0.2, 0.25) is 11.8 Å². The zero-order chi connectivity index (χ0) is 17.0. The van der Waals surface area contributed by atoms with Crippen molar-refractivity contribution in [3.05, 3.63) is 11.8 Å². The van der Waals surface area contributed by atoms with E-state index < -0.39 is 5.60 Å². The lowest BCUT2D eigenvalue weighted by atomic mass is 10.2. The van der Waals surface area contributed by atoms with Gasteiger partial charge in [0.15, 0.2) is 0 Å². The molecular weight excluding hydrogens is 298 g/mol. The van der Waals surface area contributed by atoms with Gasteiger partial charge in [-0.1, -0.05) is 0 Å². The molecule has 8 nitrogen and oxygen atoms in total. The summed E-state index contributed by atoms with van der Waals surface area (Å²) < 4.78 is 10.4. The number of nitrogens with zero attached hydrogens (tertiary/aromatic N) is 4. The van der Waals surface area contributed by atoms with Crippen LogP contribution in [0.1, 0.15) is 32.8 Å². The molecule has 124 valence electrons. The molecule has 8 heteroatoms. The van der Waals surface area contributed by atoms with Gasteiger partial charge in [-0.3, -0.25) is 0 Å². The Labute approximate surface area is 135 Å². The molecule has 1 aromatic rings. The van der Waals surface area contributed by atoms with Crippen LogP contribution in [0.5, 0.6) is 5.88 Å². The first kappa shape index (κ1) is 16.8. The molecule has 1 atom stereocenters. The predicted molar refractivity (Wildman–Crippen MR) is 83.1 cm³/mol. The summed E-state index contributed by atoms with van der Waals surface area (Å²) in [7, 11) is 1.45. The highest BCUT2D eigenvalue weighted by atomic mass is 16.6. The van der Waals surface area contributed by atoms with Crippen LogP contribution in [-0.4, -0.2) is 52.8 Å². The van der Waals surface area contributed by atoms with Crippen LogP contribution in [0.3, 0.4) is 0 Å². The number of hydrogen-bond acceptors (Lipinski definition) is 7. The number of anilines is 1. The van der Waals surface area contributed by atoms with E-state index in [1.54, 1.807) is 4.90 Å². The minimum atomic E-state index is -0.508. The van der Waals surface area contributed by atoms with Crippen LogP contribution in [0.25, 0.3) is 0 Å². The Hall–Kier alpha value is -2.56. The molecule has 1 aromatic heterocycles. The number of methoxy groups -OCH3 is 1. The molecule has 1 aliphatic heterocycles. The van der Waals surface area contributed by atoms with Crippen molar-refractivity contribution in [3.8, 4) is 11.9 Å². The van der Waals surface area contributed by atoms with Crippen LogP contribution >= 0.6 is 0 Å². The minimum absolute atomic E-state index is 0.0279. The van der Waals surface area contributed by atoms with Crippen molar-refractivity contribution in [2.75, 3.05) is 25.5 Å². The maximum atomic E-state index is 12.0. The molecule has 0 spiro atoms. The van der Waals surface area contributed by atoms with E-state index in [1.807, 2.05) is 26.8 Å². The normalized spacial score (nSPS) is 17.5. The number of nitrogens with one attached hydrogen (secondary N) is 1. The number of carbonyl (C=O) groups excluding carboxylic acids is 1. The van der Waals surface area contributed by atoms with Crippen LogP contribution in [0.2, 0.25) is 0 Å². The van der Waals surface area contributed by atoms with Gasteiger partial charge in [-0.25, -0.2) is 9.78 Å². The van der Waals surface area contributed by atoms with E-state index in [4.69, 9.17) is 14.7 Å². The van der Waals surface area contributed by atoms with Crippen molar-refractivity contribution in [2.45, 2.75) is 38.8 Å². The molecule has 0 aromatic carbocycles. The fraction of sp³-hybridized carbons (Fsp3) is 0.600. The standard InChI is InChI=1S/C15H21N5O3/c1-15(2,3)23-14(21)20-6-5-11(9-20)18-13-17-8-10(7-16)12(19-13)22-4/h8,11H,5-6,9H2,1-4H3,(H,17,18,19)/t11-/m0/s1. The number of amides is 1. The van der Waals surface area contributed by atoms with E-state index in [9.17, 15) is 4.79 Å². The molecular formula is C15H21N5O3. The van der Waals surface area contributed by atoms with Crippen LogP contribution in [0.15, 0.2) is 6.20 Å². The molecule has 0 unspecified atom stereocenters. The van der Waals surface area contributed by atoms with E-state index in [0.717, 1.165) is 6.42 Å². The van der Waals surface area contributed by atoms with Crippen molar-refractivity contribution in [1.29, 1.82) is 5.26 Å². The Kier molecular flexibility index (Phi) is 4.89. The summed E-state index contributed by atoms with van der Waals surface area (Å²) in [6.07, 6.45) is 1.86. The summed E-state index contributed by atoms with van der Waals surface area (Å²) in [5, 5.41) is 12.1. The van der Waals surface area contributed by atoms with Gasteiger partial charge in [-0.15, -0.1) is 0 Å². The summed E-state index contributed by atoms with van der Waals surface area (Å²) in [5.41, 5.74) is -0.230. The maximum absolute atomic E-state index is 12.0. The topological polar surface area (TPSA) is 100 Å². The summed E-state index contributed by atoms with van der Waals surface area (Å²) in [5.74, 6) is 0.601. The van der Waals surface area contributed by atoms with Crippen LogP contribution < -0.4 is 10.1 Å². The molecule has 2 rings (SSSR count). The Balaban J connectivity index is 1.96. The van der Waals surface area contributed by atoms with E-state index in [-0.39, 0.29) is 23.6 Å². The van der Waals surface area contributed by atoms with Gasteiger partial charge in [0.25, 0.3) is 0 Å². The number of likely N-dealkylation sites (tertiary alicyclic amines) is 1. The lowest BCUT2D eigenvalue weighted by Crippen LogP contribution is -2.36. The highest BCUT2D eigenvalue weighted by Gasteiger charge is 2.30. The van der Waals surface area contributed by atoms with Crippen molar-refractivity contribution >= 4 is 12.0 Å². The Morgan fingerprint density at radius 2 is 2.26 bits per heavy atom. The average molecular weight is 319 g/mol. The van der Waals surface area contributed by atoms with Gasteiger partial charge < -0.3 is 19.7 Å². The summed E-state index contributed by atoms with van der Waals surface area (Å²) in [6, 6.07) is 1.99. The molecule has 1 saturated heterocycles. The molecule has 23 heavy (non-hydrogen) atoms. The fourth-order valence-electron chi connectivity index (χ4n) is 2.22. The number of hydrogen-bond donors (Lipinski definition) is 1. The highest BCUT2D eigenvalue weighted by Crippen LogP contribution is 2.19. The predicted octanol–water partition coefficient (Wildman–Crippen LogP) is 1.78. The number of carbonyl (C=O) groups is 1. The molecule has 0 radical (unpaired) electrons. The molecule has 1 N–H and O–H groups in total. The Morgan fingerprint density at radius 1 is 1.52 bits per heavy atom. The number of nitriles is 1. The molecule has 0 aliphatic carbocycles. The second-order valence-electron chi connectivity index (χ2n) is 6.28. The van der Waals surface area contributed by atoms with Gasteiger partial charge in [0, 0.05) is 19.1 Å². The van der Waals surface area contributed by atoms with Crippen molar-refractivity contribution in [2.24, 2.45) is 0 Å². The zero-order valence-electron chi connectivity index (χ0n) is 13.8. The molecule has 0 saturated carbocycles. The second-order valence-corrected chi connectivity index (χ2v) is 6.28. The summed E-state index contributed by atoms with van der Waals surface area (Å²) in [4.78, 5) is 21.9.